The minimum Gasteiger partial charge on any atom is -0.481 e. The fourth-order valence-corrected chi connectivity index (χ4v) is 1.18. The van der Waals surface area contributed by atoms with E-state index in [1.54, 1.807) is 4.72 Å². The van der Waals surface area contributed by atoms with Gasteiger partial charge >= 0.3 is 16.3 Å². The van der Waals surface area contributed by atoms with Crippen LogP contribution in [0.4, 0.5) is 0 Å². The van der Waals surface area contributed by atoms with Crippen LogP contribution in [0.25, 0.3) is 0 Å². The number of hydrogen-bond acceptors (Lipinski definition) is 4. The zero-order valence-corrected chi connectivity index (χ0v) is 7.32. The van der Waals surface area contributed by atoms with E-state index in [1.165, 1.54) is 0 Å². The van der Waals surface area contributed by atoms with Crippen molar-refractivity contribution < 1.29 is 27.7 Å². The third kappa shape index (κ3) is 7.37. The molecule has 1 atom stereocenters. The summed E-state index contributed by atoms with van der Waals surface area (Å²) in [6.07, 6.45) is -0.332. The van der Waals surface area contributed by atoms with Gasteiger partial charge in [-0.3, -0.25) is 9.35 Å². The Morgan fingerprint density at radius 3 is 2.38 bits per heavy atom. The topological polar surface area (TPSA) is 121 Å². The molecule has 0 bridgehead atoms. The summed E-state index contributed by atoms with van der Waals surface area (Å²) in [6.45, 7) is 0. The zero-order chi connectivity index (χ0) is 10.5. The highest BCUT2D eigenvalue weighted by Gasteiger charge is 2.15. The third-order valence-electron chi connectivity index (χ3n) is 1.13. The Kier molecular flexibility index (Phi) is 4.52. The van der Waals surface area contributed by atoms with Crippen molar-refractivity contribution >= 4 is 22.6 Å². The molecule has 0 aromatic rings. The van der Waals surface area contributed by atoms with E-state index in [2.05, 4.69) is 0 Å². The highest BCUT2D eigenvalue weighted by Crippen LogP contribution is 1.95. The van der Waals surface area contributed by atoms with Gasteiger partial charge in [0.15, 0.2) is 0 Å². The van der Waals surface area contributed by atoms with Gasteiger partial charge < -0.3 is 9.90 Å². The van der Waals surface area contributed by atoms with Crippen LogP contribution in [0.3, 0.4) is 0 Å². The van der Waals surface area contributed by atoms with E-state index < -0.39 is 22.3 Å². The van der Waals surface area contributed by atoms with E-state index in [9.17, 15) is 18.0 Å². The van der Waals surface area contributed by atoms with Gasteiger partial charge in [0, 0.05) is 6.42 Å². The van der Waals surface area contributed by atoms with E-state index in [4.69, 9.17) is 9.66 Å². The van der Waals surface area contributed by atoms with Gasteiger partial charge in [0.2, 0.25) is 0 Å². The summed E-state index contributed by atoms with van der Waals surface area (Å²) < 4.78 is 30.2. The first-order valence-corrected chi connectivity index (χ1v) is 4.71. The second kappa shape index (κ2) is 4.90. The van der Waals surface area contributed by atoms with Crippen LogP contribution in [0.1, 0.15) is 12.8 Å². The molecule has 0 unspecified atom stereocenters. The molecule has 0 aromatic carbocycles. The quantitative estimate of drug-likeness (QED) is 0.375. The summed E-state index contributed by atoms with van der Waals surface area (Å²) in [6, 6.07) is -1.20. The predicted molar refractivity (Wildman–Crippen MR) is 41.4 cm³/mol. The molecule has 0 aliphatic heterocycles. The Bertz CT molecular complexity index is 283. The van der Waals surface area contributed by atoms with Crippen LogP contribution < -0.4 is 4.72 Å². The van der Waals surface area contributed by atoms with Crippen LogP contribution in [0.2, 0.25) is 0 Å². The Morgan fingerprint density at radius 2 is 2.08 bits per heavy atom. The summed E-state index contributed by atoms with van der Waals surface area (Å²) in [7, 11) is -4.46. The molecule has 3 N–H and O–H groups in total. The lowest BCUT2D eigenvalue weighted by Gasteiger charge is -2.07. The van der Waals surface area contributed by atoms with Gasteiger partial charge in [0.25, 0.3) is 0 Å². The van der Waals surface area contributed by atoms with Crippen LogP contribution in [-0.4, -0.2) is 36.4 Å². The second-order valence-corrected chi connectivity index (χ2v) is 3.45. The highest BCUT2D eigenvalue weighted by molar-refractivity contribution is 7.83. The number of hydrogen-bond donors (Lipinski definition) is 3. The SMILES string of the molecule is O=C[C@H](CCC(=O)O)NS(=O)(=O)O. The Morgan fingerprint density at radius 1 is 1.54 bits per heavy atom. The summed E-state index contributed by atoms with van der Waals surface area (Å²) >= 11 is 0. The number of carbonyl (C=O) groups excluding carboxylic acids is 1. The number of rotatable bonds is 6. The molecule has 8 heteroatoms. The van der Waals surface area contributed by atoms with Gasteiger partial charge in [-0.25, -0.2) is 0 Å². The van der Waals surface area contributed by atoms with Crippen LogP contribution >= 0.6 is 0 Å². The maximum Gasteiger partial charge on any atom is 0.334 e. The summed E-state index contributed by atoms with van der Waals surface area (Å²) in [4.78, 5) is 20.2. The number of aldehydes is 1. The second-order valence-electron chi connectivity index (χ2n) is 2.27. The van der Waals surface area contributed by atoms with Gasteiger partial charge in [-0.15, -0.1) is 0 Å². The fourth-order valence-electron chi connectivity index (χ4n) is 0.625. The molecule has 0 rings (SSSR count). The Hall–Kier alpha value is -0.990. The van der Waals surface area contributed by atoms with Crippen molar-refractivity contribution in [2.24, 2.45) is 0 Å². The smallest absolute Gasteiger partial charge is 0.334 e. The molecule has 13 heavy (non-hydrogen) atoms. The van der Waals surface area contributed by atoms with Crippen molar-refractivity contribution in [2.75, 3.05) is 0 Å². The predicted octanol–water partition coefficient (Wildman–Crippen LogP) is -1.19. The van der Waals surface area contributed by atoms with Gasteiger partial charge in [-0.05, 0) is 6.42 Å². The molecule has 0 radical (unpaired) electrons. The molecule has 0 amide bonds. The number of aliphatic carboxylic acids is 1. The Balaban J connectivity index is 4.05. The lowest BCUT2D eigenvalue weighted by Crippen LogP contribution is -2.35. The van der Waals surface area contributed by atoms with Crippen LogP contribution in [0.5, 0.6) is 0 Å². The molecule has 0 fully saturated rings. The average Bonchev–Trinajstić information content (AvgIpc) is 1.95. The standard InChI is InChI=1S/C5H9NO6S/c7-3-4(1-2-5(8)9)6-13(10,11)12/h3-4,6H,1-2H2,(H,8,9)(H,10,11,12)/t4-/m0/s1. The minimum absolute atomic E-state index is 0.196. The summed E-state index contributed by atoms with van der Waals surface area (Å²) in [5, 5.41) is 8.20. The lowest BCUT2D eigenvalue weighted by molar-refractivity contribution is -0.137. The molecule has 0 spiro atoms. The maximum atomic E-state index is 10.2. The molecule has 76 valence electrons. The average molecular weight is 211 g/mol. The normalized spacial score (nSPS) is 13.6. The number of carboxylic acid groups (broad SMARTS) is 1. The van der Waals surface area contributed by atoms with Crippen LogP contribution in [-0.2, 0) is 19.9 Å². The van der Waals surface area contributed by atoms with Crippen LogP contribution in [0.15, 0.2) is 0 Å². The van der Waals surface area contributed by atoms with Gasteiger partial charge in [-0.1, -0.05) is 0 Å². The van der Waals surface area contributed by atoms with E-state index >= 15 is 0 Å². The molecule has 0 aliphatic rings. The third-order valence-corrected chi connectivity index (χ3v) is 1.73. The number of nitrogens with one attached hydrogen (secondary N) is 1. The Labute approximate surface area is 74.6 Å². The van der Waals surface area contributed by atoms with E-state index in [0.29, 0.717) is 0 Å². The van der Waals surface area contributed by atoms with Crippen molar-refractivity contribution in [1.29, 1.82) is 0 Å². The van der Waals surface area contributed by atoms with Gasteiger partial charge in [0.05, 0.1) is 6.04 Å². The van der Waals surface area contributed by atoms with E-state index in [1.807, 2.05) is 0 Å². The molecular formula is C5H9NO6S. The highest BCUT2D eigenvalue weighted by atomic mass is 32.2. The largest absolute Gasteiger partial charge is 0.481 e. The molecule has 0 saturated carbocycles. The monoisotopic (exact) mass is 211 g/mol. The van der Waals surface area contributed by atoms with Gasteiger partial charge in [-0.2, -0.15) is 13.1 Å². The zero-order valence-electron chi connectivity index (χ0n) is 6.50. The van der Waals surface area contributed by atoms with Crippen molar-refractivity contribution in [2.45, 2.75) is 18.9 Å². The van der Waals surface area contributed by atoms with Crippen molar-refractivity contribution in [3.05, 3.63) is 0 Å². The van der Waals surface area contributed by atoms with Crippen molar-refractivity contribution in [3.8, 4) is 0 Å². The lowest BCUT2D eigenvalue weighted by atomic mass is 10.2. The summed E-state index contributed by atoms with van der Waals surface area (Å²) in [5.74, 6) is -1.15. The van der Waals surface area contributed by atoms with E-state index in [0.717, 1.165) is 0 Å². The van der Waals surface area contributed by atoms with E-state index in [-0.39, 0.29) is 19.1 Å². The molecular weight excluding hydrogens is 202 g/mol. The maximum absolute atomic E-state index is 10.2. The fraction of sp³-hybridized carbons (Fsp3) is 0.600. The molecule has 0 heterocycles. The summed E-state index contributed by atoms with van der Waals surface area (Å²) in [5.41, 5.74) is 0. The molecule has 0 aromatic heterocycles. The first-order valence-electron chi connectivity index (χ1n) is 3.27. The first-order chi connectivity index (χ1) is 5.85. The molecule has 0 saturated heterocycles. The van der Waals surface area contributed by atoms with Crippen molar-refractivity contribution in [1.82, 2.24) is 4.72 Å². The number of carboxylic acids is 1. The first kappa shape index (κ1) is 12.0. The number of carbonyl (C=O) groups is 2. The van der Waals surface area contributed by atoms with Crippen LogP contribution in [0, 0.1) is 0 Å². The minimum atomic E-state index is -4.46. The van der Waals surface area contributed by atoms with Crippen molar-refractivity contribution in [3.63, 3.8) is 0 Å². The van der Waals surface area contributed by atoms with Gasteiger partial charge in [0.1, 0.15) is 6.29 Å². The molecule has 7 nitrogen and oxygen atoms in total. The molecule has 0 aliphatic carbocycles.